The second-order valence-corrected chi connectivity index (χ2v) is 8.56. The monoisotopic (exact) mass is 398 g/mol. The fourth-order valence-corrected chi connectivity index (χ4v) is 4.92. The average Bonchev–Trinajstić information content (AvgIpc) is 3.03. The van der Waals surface area contributed by atoms with Crippen molar-refractivity contribution in [3.8, 4) is 0 Å². The second kappa shape index (κ2) is 7.94. The van der Waals surface area contributed by atoms with E-state index < -0.39 is 0 Å². The zero-order valence-electron chi connectivity index (χ0n) is 17.0. The fraction of sp³-hybridized carbons (Fsp3) is 0.308. The molecule has 1 aliphatic heterocycles. The molecule has 2 amide bonds. The molecule has 0 aromatic heterocycles. The SMILES string of the molecule is O=C1c2ccccc2C(=O)N1CC1CCC(CNc2cccc3ccccc23)CC1. The molecule has 5 rings (SSSR count). The molecule has 0 bridgehead atoms. The molecule has 1 fully saturated rings. The van der Waals surface area contributed by atoms with E-state index in [1.807, 2.05) is 12.1 Å². The highest BCUT2D eigenvalue weighted by atomic mass is 16.2. The Kier molecular flexibility index (Phi) is 4.99. The van der Waals surface area contributed by atoms with Gasteiger partial charge in [-0.05, 0) is 61.1 Å². The third kappa shape index (κ3) is 3.47. The van der Waals surface area contributed by atoms with Gasteiger partial charge in [0.1, 0.15) is 0 Å². The third-order valence-electron chi connectivity index (χ3n) is 6.66. The lowest BCUT2D eigenvalue weighted by Crippen LogP contribution is -2.36. The summed E-state index contributed by atoms with van der Waals surface area (Å²) in [5.74, 6) is 0.772. The number of carbonyl (C=O) groups is 2. The first-order valence-electron chi connectivity index (χ1n) is 10.9. The van der Waals surface area contributed by atoms with Crippen molar-refractivity contribution in [3.05, 3.63) is 77.9 Å². The number of imide groups is 1. The summed E-state index contributed by atoms with van der Waals surface area (Å²) in [6.07, 6.45) is 4.39. The van der Waals surface area contributed by atoms with Crippen LogP contribution in [0.1, 0.15) is 46.4 Å². The van der Waals surface area contributed by atoms with Crippen LogP contribution < -0.4 is 5.32 Å². The van der Waals surface area contributed by atoms with E-state index >= 15 is 0 Å². The van der Waals surface area contributed by atoms with E-state index in [4.69, 9.17) is 0 Å². The number of anilines is 1. The summed E-state index contributed by atoms with van der Waals surface area (Å²) in [6, 6.07) is 22.0. The van der Waals surface area contributed by atoms with E-state index in [0.717, 1.165) is 32.2 Å². The molecule has 2 aliphatic rings. The van der Waals surface area contributed by atoms with Gasteiger partial charge in [-0.15, -0.1) is 0 Å². The Bertz CT molecular complexity index is 1060. The van der Waals surface area contributed by atoms with Crippen LogP contribution in [0, 0.1) is 11.8 Å². The Morgan fingerprint density at radius 3 is 2.07 bits per heavy atom. The van der Waals surface area contributed by atoms with Gasteiger partial charge >= 0.3 is 0 Å². The molecule has 0 saturated heterocycles. The second-order valence-electron chi connectivity index (χ2n) is 8.56. The van der Waals surface area contributed by atoms with Gasteiger partial charge in [-0.1, -0.05) is 48.5 Å². The molecule has 3 aromatic rings. The molecule has 3 aromatic carbocycles. The predicted molar refractivity (Wildman–Crippen MR) is 120 cm³/mol. The van der Waals surface area contributed by atoms with Gasteiger partial charge in [0.05, 0.1) is 11.1 Å². The molecule has 0 spiro atoms. The molecule has 1 saturated carbocycles. The van der Waals surface area contributed by atoms with Crippen LogP contribution in [0.15, 0.2) is 66.7 Å². The number of amides is 2. The van der Waals surface area contributed by atoms with E-state index in [-0.39, 0.29) is 11.8 Å². The van der Waals surface area contributed by atoms with Crippen LogP contribution in [0.5, 0.6) is 0 Å². The zero-order valence-corrected chi connectivity index (χ0v) is 17.0. The Morgan fingerprint density at radius 1 is 0.733 bits per heavy atom. The summed E-state index contributed by atoms with van der Waals surface area (Å²) in [7, 11) is 0. The number of nitrogens with zero attached hydrogens (tertiary/aromatic N) is 1. The van der Waals surface area contributed by atoms with Crippen molar-refractivity contribution in [3.63, 3.8) is 0 Å². The zero-order chi connectivity index (χ0) is 20.5. The van der Waals surface area contributed by atoms with Gasteiger partial charge in [0, 0.05) is 24.2 Å². The van der Waals surface area contributed by atoms with E-state index in [1.54, 1.807) is 12.1 Å². The summed E-state index contributed by atoms with van der Waals surface area (Å²) in [5, 5.41) is 6.17. The molecule has 4 nitrogen and oxygen atoms in total. The van der Waals surface area contributed by atoms with Crippen molar-refractivity contribution in [2.24, 2.45) is 11.8 Å². The maximum Gasteiger partial charge on any atom is 0.261 e. The van der Waals surface area contributed by atoms with Crippen molar-refractivity contribution in [1.29, 1.82) is 0 Å². The predicted octanol–water partition coefficient (Wildman–Crippen LogP) is 5.35. The number of fused-ring (bicyclic) bond motifs is 2. The Labute approximate surface area is 176 Å². The quantitative estimate of drug-likeness (QED) is 0.589. The van der Waals surface area contributed by atoms with Gasteiger partial charge in [-0.2, -0.15) is 0 Å². The molecule has 30 heavy (non-hydrogen) atoms. The largest absolute Gasteiger partial charge is 0.384 e. The fourth-order valence-electron chi connectivity index (χ4n) is 4.92. The number of rotatable bonds is 5. The minimum Gasteiger partial charge on any atom is -0.384 e. The maximum absolute atomic E-state index is 12.6. The first-order chi connectivity index (χ1) is 14.7. The summed E-state index contributed by atoms with van der Waals surface area (Å²) < 4.78 is 0. The number of benzene rings is 3. The topological polar surface area (TPSA) is 49.4 Å². The van der Waals surface area contributed by atoms with Crippen LogP contribution in [0.4, 0.5) is 5.69 Å². The van der Waals surface area contributed by atoms with Gasteiger partial charge in [0.2, 0.25) is 0 Å². The summed E-state index contributed by atoms with van der Waals surface area (Å²) in [6.45, 7) is 1.52. The standard InChI is InChI=1S/C26H26N2O2/c29-25-22-9-3-4-10-23(22)26(30)28(25)17-19-14-12-18(13-15-19)16-27-24-11-5-7-20-6-1-2-8-21(20)24/h1-11,18-19,27H,12-17H2. The van der Waals surface area contributed by atoms with Crippen molar-refractivity contribution in [1.82, 2.24) is 4.90 Å². The molecular weight excluding hydrogens is 372 g/mol. The lowest BCUT2D eigenvalue weighted by molar-refractivity contribution is 0.0611. The van der Waals surface area contributed by atoms with Gasteiger partial charge in [-0.3, -0.25) is 14.5 Å². The molecular formula is C26H26N2O2. The summed E-state index contributed by atoms with van der Waals surface area (Å²) in [4.78, 5) is 26.7. The smallest absolute Gasteiger partial charge is 0.261 e. The van der Waals surface area contributed by atoms with E-state index in [2.05, 4.69) is 47.8 Å². The first kappa shape index (κ1) is 18.9. The number of nitrogens with one attached hydrogen (secondary N) is 1. The molecule has 1 N–H and O–H groups in total. The van der Waals surface area contributed by atoms with Gasteiger partial charge in [0.15, 0.2) is 0 Å². The van der Waals surface area contributed by atoms with Crippen molar-refractivity contribution >= 4 is 28.3 Å². The summed E-state index contributed by atoms with van der Waals surface area (Å²) >= 11 is 0. The first-order valence-corrected chi connectivity index (χ1v) is 10.9. The van der Waals surface area contributed by atoms with Crippen LogP contribution in [-0.4, -0.2) is 29.8 Å². The highest BCUT2D eigenvalue weighted by molar-refractivity contribution is 6.21. The van der Waals surface area contributed by atoms with Crippen LogP contribution >= 0.6 is 0 Å². The minimum atomic E-state index is -0.129. The molecule has 152 valence electrons. The molecule has 1 aliphatic carbocycles. The van der Waals surface area contributed by atoms with E-state index in [9.17, 15) is 9.59 Å². The van der Waals surface area contributed by atoms with Crippen LogP contribution in [0.25, 0.3) is 10.8 Å². The average molecular weight is 399 g/mol. The van der Waals surface area contributed by atoms with Crippen LogP contribution in [0.2, 0.25) is 0 Å². The van der Waals surface area contributed by atoms with E-state index in [0.29, 0.717) is 29.5 Å². The molecule has 4 heteroatoms. The summed E-state index contributed by atoms with van der Waals surface area (Å²) in [5.41, 5.74) is 2.30. The normalized spacial score (nSPS) is 21.1. The lowest BCUT2D eigenvalue weighted by atomic mass is 9.81. The lowest BCUT2D eigenvalue weighted by Gasteiger charge is -2.31. The molecule has 0 atom stereocenters. The van der Waals surface area contributed by atoms with E-state index in [1.165, 1.54) is 21.4 Å². The van der Waals surface area contributed by atoms with Crippen LogP contribution in [0.3, 0.4) is 0 Å². The van der Waals surface area contributed by atoms with Crippen molar-refractivity contribution < 1.29 is 9.59 Å². The third-order valence-corrected chi connectivity index (χ3v) is 6.66. The number of carbonyl (C=O) groups excluding carboxylic acids is 2. The van der Waals surface area contributed by atoms with Crippen LogP contribution in [-0.2, 0) is 0 Å². The van der Waals surface area contributed by atoms with Crippen molar-refractivity contribution in [2.45, 2.75) is 25.7 Å². The Balaban J connectivity index is 1.16. The minimum absolute atomic E-state index is 0.129. The number of hydrogen-bond donors (Lipinski definition) is 1. The maximum atomic E-state index is 12.6. The van der Waals surface area contributed by atoms with Gasteiger partial charge in [0.25, 0.3) is 11.8 Å². The molecule has 1 heterocycles. The molecule has 0 radical (unpaired) electrons. The highest BCUT2D eigenvalue weighted by Gasteiger charge is 2.36. The van der Waals surface area contributed by atoms with Gasteiger partial charge < -0.3 is 5.32 Å². The Morgan fingerprint density at radius 2 is 1.33 bits per heavy atom. The van der Waals surface area contributed by atoms with Crippen molar-refractivity contribution in [2.75, 3.05) is 18.4 Å². The molecule has 0 unspecified atom stereocenters. The number of hydrogen-bond acceptors (Lipinski definition) is 3. The highest BCUT2D eigenvalue weighted by Crippen LogP contribution is 2.32. The van der Waals surface area contributed by atoms with Gasteiger partial charge in [-0.25, -0.2) is 0 Å². The Hall–Kier alpha value is -3.14.